The quantitative estimate of drug-likeness (QED) is 0.644. The zero-order chi connectivity index (χ0) is 13.9. The molecule has 0 aliphatic heterocycles. The van der Waals surface area contributed by atoms with Gasteiger partial charge in [0.15, 0.2) is 0 Å². The van der Waals surface area contributed by atoms with E-state index in [9.17, 15) is 0 Å². The minimum atomic E-state index is 0.615. The average Bonchev–Trinajstić information content (AvgIpc) is 3.09. The van der Waals surface area contributed by atoms with Gasteiger partial charge in [0.2, 0.25) is 0 Å². The molecule has 1 aromatic carbocycles. The monoisotopic (exact) mass is 351 g/mol. The van der Waals surface area contributed by atoms with Gasteiger partial charge >= 0.3 is 0 Å². The molecule has 1 fully saturated rings. The maximum Gasteiger partial charge on any atom is 0.0727 e. The minimum absolute atomic E-state index is 0.615. The Kier molecular flexibility index (Phi) is 4.36. The van der Waals surface area contributed by atoms with Crippen LogP contribution in [0.3, 0.4) is 0 Å². The third-order valence-corrected chi connectivity index (χ3v) is 5.31. The largest absolute Gasteiger partial charge is 0.398 e. The second kappa shape index (κ2) is 6.22. The fourth-order valence-electron chi connectivity index (χ4n) is 2.61. The predicted molar refractivity (Wildman–Crippen MR) is 87.8 cm³/mol. The lowest BCUT2D eigenvalue weighted by molar-refractivity contribution is 0.464. The van der Waals surface area contributed by atoms with Crippen molar-refractivity contribution >= 4 is 33.4 Å². The first-order chi connectivity index (χ1) is 9.72. The van der Waals surface area contributed by atoms with Crippen LogP contribution in [0.1, 0.15) is 37.4 Å². The number of hydrogen-bond donors (Lipinski definition) is 1. The van der Waals surface area contributed by atoms with Crippen molar-refractivity contribution in [2.24, 2.45) is 0 Å². The van der Waals surface area contributed by atoms with E-state index in [1.165, 1.54) is 25.7 Å². The lowest BCUT2D eigenvalue weighted by Gasteiger charge is -2.09. The van der Waals surface area contributed by atoms with Crippen LogP contribution in [0.15, 0.2) is 39.8 Å². The third kappa shape index (κ3) is 3.20. The second-order valence-electron chi connectivity index (χ2n) is 5.20. The fraction of sp³-hybridized carbons (Fsp3) is 0.400. The summed E-state index contributed by atoms with van der Waals surface area (Å²) < 4.78 is 3.21. The van der Waals surface area contributed by atoms with Gasteiger partial charge in [-0.05, 0) is 37.1 Å². The summed E-state index contributed by atoms with van der Waals surface area (Å²) in [7, 11) is 0. The van der Waals surface area contributed by atoms with Crippen LogP contribution in [0.2, 0.25) is 0 Å². The van der Waals surface area contributed by atoms with Crippen LogP contribution in [-0.4, -0.2) is 9.78 Å². The van der Waals surface area contributed by atoms with Gasteiger partial charge in [0.1, 0.15) is 0 Å². The summed E-state index contributed by atoms with van der Waals surface area (Å²) in [6, 6.07) is 8.70. The number of nitrogens with two attached hydrogens (primary N) is 1. The van der Waals surface area contributed by atoms with E-state index in [0.29, 0.717) is 6.04 Å². The molecule has 0 spiro atoms. The van der Waals surface area contributed by atoms with Gasteiger partial charge in [0, 0.05) is 27.0 Å². The van der Waals surface area contributed by atoms with Crippen molar-refractivity contribution in [1.29, 1.82) is 0 Å². The zero-order valence-corrected chi connectivity index (χ0v) is 13.7. The summed E-state index contributed by atoms with van der Waals surface area (Å²) in [4.78, 5) is 1.11. The average molecular weight is 352 g/mol. The molecule has 0 bridgehead atoms. The van der Waals surface area contributed by atoms with E-state index >= 15 is 0 Å². The van der Waals surface area contributed by atoms with Gasteiger partial charge in [0.05, 0.1) is 11.7 Å². The number of anilines is 1. The summed E-state index contributed by atoms with van der Waals surface area (Å²) in [5.41, 5.74) is 7.94. The van der Waals surface area contributed by atoms with E-state index in [-0.39, 0.29) is 0 Å². The van der Waals surface area contributed by atoms with Crippen molar-refractivity contribution in [3.8, 4) is 0 Å². The van der Waals surface area contributed by atoms with Gasteiger partial charge in [-0.3, -0.25) is 4.68 Å². The molecule has 1 heterocycles. The standard InChI is InChI=1S/C15H18BrN3S/c16-11-5-6-14(17)15(9-11)20-10-12-7-8-19(18-12)13-3-1-2-4-13/h5-9,13H,1-4,10,17H2. The number of benzene rings is 1. The molecule has 5 heteroatoms. The molecule has 2 aromatic rings. The molecule has 0 saturated heterocycles. The fourth-order valence-corrected chi connectivity index (χ4v) is 4.03. The third-order valence-electron chi connectivity index (χ3n) is 3.71. The van der Waals surface area contributed by atoms with Gasteiger partial charge in [-0.25, -0.2) is 0 Å². The van der Waals surface area contributed by atoms with Crippen LogP contribution >= 0.6 is 27.7 Å². The zero-order valence-electron chi connectivity index (χ0n) is 11.3. The smallest absolute Gasteiger partial charge is 0.0727 e. The normalized spacial score (nSPS) is 15.8. The highest BCUT2D eigenvalue weighted by molar-refractivity contribution is 9.10. The number of thioether (sulfide) groups is 1. The van der Waals surface area contributed by atoms with Crippen molar-refractivity contribution in [2.75, 3.05) is 5.73 Å². The SMILES string of the molecule is Nc1ccc(Br)cc1SCc1ccn(C2CCCC2)n1. The lowest BCUT2D eigenvalue weighted by Crippen LogP contribution is -2.05. The Morgan fingerprint density at radius 1 is 1.30 bits per heavy atom. The first kappa shape index (κ1) is 14.0. The van der Waals surface area contributed by atoms with E-state index < -0.39 is 0 Å². The van der Waals surface area contributed by atoms with Crippen LogP contribution in [0.5, 0.6) is 0 Å². The summed E-state index contributed by atoms with van der Waals surface area (Å²) in [6.45, 7) is 0. The van der Waals surface area contributed by atoms with Crippen molar-refractivity contribution in [1.82, 2.24) is 9.78 Å². The van der Waals surface area contributed by atoms with Crippen LogP contribution in [0, 0.1) is 0 Å². The van der Waals surface area contributed by atoms with Gasteiger partial charge in [-0.1, -0.05) is 28.8 Å². The number of rotatable bonds is 4. The molecule has 1 aliphatic carbocycles. The molecule has 0 radical (unpaired) electrons. The molecule has 0 atom stereocenters. The van der Waals surface area contributed by atoms with Crippen LogP contribution in [0.4, 0.5) is 5.69 Å². The Morgan fingerprint density at radius 3 is 2.90 bits per heavy atom. The van der Waals surface area contributed by atoms with E-state index in [4.69, 9.17) is 10.8 Å². The first-order valence-corrected chi connectivity index (χ1v) is 8.72. The van der Waals surface area contributed by atoms with Gasteiger partial charge < -0.3 is 5.73 Å². The Bertz CT molecular complexity index is 591. The number of nitrogen functional groups attached to an aromatic ring is 1. The molecule has 1 saturated carbocycles. The highest BCUT2D eigenvalue weighted by atomic mass is 79.9. The Balaban J connectivity index is 1.64. The lowest BCUT2D eigenvalue weighted by atomic mass is 10.3. The highest BCUT2D eigenvalue weighted by Gasteiger charge is 2.17. The highest BCUT2D eigenvalue weighted by Crippen LogP contribution is 2.32. The molecule has 106 valence electrons. The van der Waals surface area contributed by atoms with Crippen molar-refractivity contribution in [3.63, 3.8) is 0 Å². The maximum atomic E-state index is 5.99. The Labute approximate surface area is 132 Å². The molecular formula is C15H18BrN3S. The number of aromatic nitrogens is 2. The van der Waals surface area contributed by atoms with E-state index in [1.807, 2.05) is 12.1 Å². The molecule has 0 amide bonds. The first-order valence-electron chi connectivity index (χ1n) is 6.94. The van der Waals surface area contributed by atoms with Crippen LogP contribution in [-0.2, 0) is 5.75 Å². The summed E-state index contributed by atoms with van der Waals surface area (Å²) in [6.07, 6.45) is 7.34. The molecule has 2 N–H and O–H groups in total. The molecule has 1 aromatic heterocycles. The Hall–Kier alpha value is -0.940. The van der Waals surface area contributed by atoms with Gasteiger partial charge in [-0.15, -0.1) is 11.8 Å². The van der Waals surface area contributed by atoms with Gasteiger partial charge in [-0.2, -0.15) is 5.10 Å². The second-order valence-corrected chi connectivity index (χ2v) is 7.13. The molecule has 20 heavy (non-hydrogen) atoms. The van der Waals surface area contributed by atoms with Crippen LogP contribution < -0.4 is 5.73 Å². The summed E-state index contributed by atoms with van der Waals surface area (Å²) in [5, 5.41) is 4.70. The summed E-state index contributed by atoms with van der Waals surface area (Å²) >= 11 is 5.22. The minimum Gasteiger partial charge on any atom is -0.398 e. The molecule has 0 unspecified atom stereocenters. The van der Waals surface area contributed by atoms with Crippen LogP contribution in [0.25, 0.3) is 0 Å². The van der Waals surface area contributed by atoms with Crippen molar-refractivity contribution in [3.05, 3.63) is 40.6 Å². The predicted octanol–water partition coefficient (Wildman–Crippen LogP) is 4.64. The summed E-state index contributed by atoms with van der Waals surface area (Å²) in [5.74, 6) is 0.861. The Morgan fingerprint density at radius 2 is 2.10 bits per heavy atom. The van der Waals surface area contributed by atoms with E-state index in [1.54, 1.807) is 11.8 Å². The number of nitrogens with zero attached hydrogens (tertiary/aromatic N) is 2. The number of halogens is 1. The van der Waals surface area contributed by atoms with Crippen molar-refractivity contribution < 1.29 is 0 Å². The van der Waals surface area contributed by atoms with E-state index in [2.05, 4.69) is 38.9 Å². The molecule has 1 aliphatic rings. The molecule has 3 rings (SSSR count). The van der Waals surface area contributed by atoms with E-state index in [0.717, 1.165) is 26.5 Å². The topological polar surface area (TPSA) is 43.8 Å². The molecule has 3 nitrogen and oxygen atoms in total. The number of hydrogen-bond acceptors (Lipinski definition) is 3. The van der Waals surface area contributed by atoms with Gasteiger partial charge in [0.25, 0.3) is 0 Å². The maximum absolute atomic E-state index is 5.99. The van der Waals surface area contributed by atoms with Crippen molar-refractivity contribution in [2.45, 2.75) is 42.4 Å². The molecular weight excluding hydrogens is 334 g/mol.